The number of hydrogen-bond acceptors (Lipinski definition) is 4. The molecule has 22 heavy (non-hydrogen) atoms. The number of benzene rings is 1. The summed E-state index contributed by atoms with van der Waals surface area (Å²) in [4.78, 5) is 22.3. The van der Waals surface area contributed by atoms with Gasteiger partial charge < -0.3 is 10.0 Å². The predicted octanol–water partition coefficient (Wildman–Crippen LogP) is 3.14. The molecule has 1 N–H and O–H groups in total. The van der Waals surface area contributed by atoms with Crippen molar-refractivity contribution in [1.82, 2.24) is 9.97 Å². The van der Waals surface area contributed by atoms with Crippen LogP contribution in [0.2, 0.25) is 0 Å². The molecule has 5 heteroatoms. The van der Waals surface area contributed by atoms with Crippen LogP contribution in [0.15, 0.2) is 30.3 Å². The molecule has 0 saturated carbocycles. The fourth-order valence-corrected chi connectivity index (χ4v) is 2.74. The highest BCUT2D eigenvalue weighted by Crippen LogP contribution is 2.23. The molecule has 1 fully saturated rings. The van der Waals surface area contributed by atoms with E-state index in [0.29, 0.717) is 11.6 Å². The van der Waals surface area contributed by atoms with Crippen LogP contribution in [0.3, 0.4) is 0 Å². The topological polar surface area (TPSA) is 66.3 Å². The molecule has 114 valence electrons. The van der Waals surface area contributed by atoms with Crippen molar-refractivity contribution in [3.8, 4) is 11.4 Å². The predicted molar refractivity (Wildman–Crippen MR) is 85.2 cm³/mol. The Balaban J connectivity index is 2.05. The SMILES string of the molecule is Cc1cccc(-c2nc(C(=O)O)cc(N3CCCCC3)n2)c1. The van der Waals surface area contributed by atoms with E-state index >= 15 is 0 Å². The smallest absolute Gasteiger partial charge is 0.354 e. The van der Waals surface area contributed by atoms with Gasteiger partial charge in [-0.05, 0) is 32.3 Å². The molecule has 1 saturated heterocycles. The summed E-state index contributed by atoms with van der Waals surface area (Å²) in [6, 6.07) is 9.39. The Kier molecular flexibility index (Phi) is 4.04. The Morgan fingerprint density at radius 2 is 1.91 bits per heavy atom. The summed E-state index contributed by atoms with van der Waals surface area (Å²) in [6.07, 6.45) is 3.45. The van der Waals surface area contributed by atoms with Crippen molar-refractivity contribution in [2.45, 2.75) is 26.2 Å². The molecule has 0 amide bonds. The summed E-state index contributed by atoms with van der Waals surface area (Å²) in [5, 5.41) is 9.32. The number of carboxylic acids is 1. The second-order valence-electron chi connectivity index (χ2n) is 5.66. The molecular formula is C17H19N3O2. The van der Waals surface area contributed by atoms with Gasteiger partial charge in [-0.25, -0.2) is 14.8 Å². The Labute approximate surface area is 129 Å². The molecule has 3 rings (SSSR count). The number of anilines is 1. The molecule has 2 heterocycles. The molecule has 0 bridgehead atoms. The van der Waals surface area contributed by atoms with Crippen molar-refractivity contribution in [1.29, 1.82) is 0 Å². The third-order valence-electron chi connectivity index (χ3n) is 3.89. The zero-order valence-corrected chi connectivity index (χ0v) is 12.6. The molecule has 5 nitrogen and oxygen atoms in total. The first kappa shape index (κ1) is 14.5. The molecular weight excluding hydrogens is 278 g/mol. The van der Waals surface area contributed by atoms with Gasteiger partial charge in [0.2, 0.25) is 0 Å². The van der Waals surface area contributed by atoms with Gasteiger partial charge in [-0.2, -0.15) is 0 Å². The summed E-state index contributed by atoms with van der Waals surface area (Å²) < 4.78 is 0. The average Bonchev–Trinajstić information content (AvgIpc) is 2.55. The third-order valence-corrected chi connectivity index (χ3v) is 3.89. The van der Waals surface area contributed by atoms with E-state index in [0.717, 1.165) is 37.1 Å². The first-order valence-electron chi connectivity index (χ1n) is 7.58. The number of piperidine rings is 1. The van der Waals surface area contributed by atoms with Crippen LogP contribution in [0.5, 0.6) is 0 Å². The summed E-state index contributed by atoms with van der Waals surface area (Å²) in [5.74, 6) is 0.169. The summed E-state index contributed by atoms with van der Waals surface area (Å²) in [7, 11) is 0. The first-order chi connectivity index (χ1) is 10.6. The minimum Gasteiger partial charge on any atom is -0.477 e. The lowest BCUT2D eigenvalue weighted by Crippen LogP contribution is -2.30. The second kappa shape index (κ2) is 6.13. The van der Waals surface area contributed by atoms with Gasteiger partial charge in [0.25, 0.3) is 0 Å². The average molecular weight is 297 g/mol. The lowest BCUT2D eigenvalue weighted by atomic mass is 10.1. The lowest BCUT2D eigenvalue weighted by Gasteiger charge is -2.28. The number of aromatic nitrogens is 2. The van der Waals surface area contributed by atoms with Gasteiger partial charge in [-0.1, -0.05) is 23.8 Å². The molecule has 1 aliphatic rings. The monoisotopic (exact) mass is 297 g/mol. The largest absolute Gasteiger partial charge is 0.477 e. The Hall–Kier alpha value is -2.43. The quantitative estimate of drug-likeness (QED) is 0.942. The van der Waals surface area contributed by atoms with Gasteiger partial charge in [0.05, 0.1) is 0 Å². The minimum absolute atomic E-state index is 0.0482. The molecule has 0 atom stereocenters. The van der Waals surface area contributed by atoms with Crippen LogP contribution in [0, 0.1) is 6.92 Å². The molecule has 0 radical (unpaired) electrons. The van der Waals surface area contributed by atoms with Crippen molar-refractivity contribution < 1.29 is 9.90 Å². The van der Waals surface area contributed by atoms with Gasteiger partial charge in [-0.15, -0.1) is 0 Å². The van der Waals surface area contributed by atoms with Crippen LogP contribution in [-0.4, -0.2) is 34.1 Å². The van der Waals surface area contributed by atoms with E-state index in [4.69, 9.17) is 0 Å². The minimum atomic E-state index is -1.02. The van der Waals surface area contributed by atoms with Gasteiger partial charge in [0.1, 0.15) is 5.82 Å². The Morgan fingerprint density at radius 3 is 2.59 bits per heavy atom. The van der Waals surface area contributed by atoms with E-state index < -0.39 is 5.97 Å². The fraction of sp³-hybridized carbons (Fsp3) is 0.353. The molecule has 1 aromatic carbocycles. The highest BCUT2D eigenvalue weighted by Gasteiger charge is 2.17. The van der Waals surface area contributed by atoms with Crippen molar-refractivity contribution >= 4 is 11.8 Å². The van der Waals surface area contributed by atoms with Crippen LogP contribution in [-0.2, 0) is 0 Å². The highest BCUT2D eigenvalue weighted by molar-refractivity contribution is 5.87. The maximum Gasteiger partial charge on any atom is 0.354 e. The molecule has 0 unspecified atom stereocenters. The van der Waals surface area contributed by atoms with Crippen LogP contribution < -0.4 is 4.90 Å². The summed E-state index contributed by atoms with van der Waals surface area (Å²) >= 11 is 0. The number of carboxylic acid groups (broad SMARTS) is 1. The molecule has 1 aliphatic heterocycles. The maximum atomic E-state index is 11.4. The van der Waals surface area contributed by atoms with Gasteiger partial charge >= 0.3 is 5.97 Å². The number of aromatic carboxylic acids is 1. The van der Waals surface area contributed by atoms with Crippen molar-refractivity contribution in [3.05, 3.63) is 41.6 Å². The first-order valence-corrected chi connectivity index (χ1v) is 7.58. The molecule has 0 aliphatic carbocycles. The van der Waals surface area contributed by atoms with Gasteiger partial charge in [-0.3, -0.25) is 0 Å². The van der Waals surface area contributed by atoms with E-state index in [1.165, 1.54) is 6.42 Å². The molecule has 2 aromatic rings. The Bertz CT molecular complexity index is 694. The van der Waals surface area contributed by atoms with Crippen LogP contribution in [0.1, 0.15) is 35.3 Å². The number of hydrogen-bond donors (Lipinski definition) is 1. The van der Waals surface area contributed by atoms with Gasteiger partial charge in [0.15, 0.2) is 11.5 Å². The van der Waals surface area contributed by atoms with E-state index in [9.17, 15) is 9.90 Å². The maximum absolute atomic E-state index is 11.4. The lowest BCUT2D eigenvalue weighted by molar-refractivity contribution is 0.0690. The van der Waals surface area contributed by atoms with Gasteiger partial charge in [0, 0.05) is 24.7 Å². The zero-order valence-electron chi connectivity index (χ0n) is 12.6. The standard InChI is InChI=1S/C17H19N3O2/c1-12-6-5-7-13(10-12)16-18-14(17(21)22)11-15(19-16)20-8-3-2-4-9-20/h5-7,10-11H,2-4,8-9H2,1H3,(H,21,22). The third kappa shape index (κ3) is 3.08. The Morgan fingerprint density at radius 1 is 1.14 bits per heavy atom. The van der Waals surface area contributed by atoms with Crippen LogP contribution in [0.25, 0.3) is 11.4 Å². The highest BCUT2D eigenvalue weighted by atomic mass is 16.4. The van der Waals surface area contributed by atoms with E-state index in [2.05, 4.69) is 14.9 Å². The van der Waals surface area contributed by atoms with E-state index in [1.807, 2.05) is 31.2 Å². The zero-order chi connectivity index (χ0) is 15.5. The van der Waals surface area contributed by atoms with Crippen molar-refractivity contribution in [2.75, 3.05) is 18.0 Å². The normalized spacial score (nSPS) is 14.9. The summed E-state index contributed by atoms with van der Waals surface area (Å²) in [5.41, 5.74) is 2.00. The van der Waals surface area contributed by atoms with Crippen LogP contribution >= 0.6 is 0 Å². The fourth-order valence-electron chi connectivity index (χ4n) is 2.74. The van der Waals surface area contributed by atoms with Crippen molar-refractivity contribution in [2.24, 2.45) is 0 Å². The van der Waals surface area contributed by atoms with Crippen LogP contribution in [0.4, 0.5) is 5.82 Å². The molecule has 1 aromatic heterocycles. The number of rotatable bonds is 3. The number of carbonyl (C=O) groups is 1. The molecule has 0 spiro atoms. The number of aryl methyl sites for hydroxylation is 1. The van der Waals surface area contributed by atoms with E-state index in [1.54, 1.807) is 6.07 Å². The van der Waals surface area contributed by atoms with Crippen molar-refractivity contribution in [3.63, 3.8) is 0 Å². The van der Waals surface area contributed by atoms with E-state index in [-0.39, 0.29) is 5.69 Å². The summed E-state index contributed by atoms with van der Waals surface area (Å²) in [6.45, 7) is 3.84. The number of nitrogens with zero attached hydrogens (tertiary/aromatic N) is 3. The second-order valence-corrected chi connectivity index (χ2v) is 5.66.